The van der Waals surface area contributed by atoms with Gasteiger partial charge in [0.2, 0.25) is 0 Å². The molecule has 76 valence electrons. The molecule has 0 amide bonds. The molecule has 0 bridgehead atoms. The fourth-order valence-electron chi connectivity index (χ4n) is 2.63. The second-order valence-electron chi connectivity index (χ2n) is 4.90. The van der Waals surface area contributed by atoms with Crippen molar-refractivity contribution in [2.24, 2.45) is 11.8 Å². The van der Waals surface area contributed by atoms with Crippen LogP contribution in [0.2, 0.25) is 0 Å². The van der Waals surface area contributed by atoms with Crippen LogP contribution in [-0.2, 0) is 0 Å². The molecule has 2 aliphatic carbocycles. The maximum absolute atomic E-state index is 13.3. The number of rotatable bonds is 2. The summed E-state index contributed by atoms with van der Waals surface area (Å²) in [6, 6.07) is 0.760. The van der Waals surface area contributed by atoms with Crippen LogP contribution < -0.4 is 5.32 Å². The first kappa shape index (κ1) is 9.45. The zero-order valence-corrected chi connectivity index (χ0v) is 8.59. The predicted octanol–water partition coefficient (Wildman–Crippen LogP) is 2.51. The van der Waals surface area contributed by atoms with Crippen LogP contribution in [0.5, 0.6) is 0 Å². The number of nitrogens with one attached hydrogen (secondary N) is 1. The Labute approximate surface area is 80.1 Å². The third-order valence-electron chi connectivity index (χ3n) is 4.02. The molecule has 0 heterocycles. The molecule has 2 fully saturated rings. The summed E-state index contributed by atoms with van der Waals surface area (Å²) in [6.07, 6.45) is 3.54. The van der Waals surface area contributed by atoms with E-state index in [0.29, 0.717) is 6.04 Å². The first-order chi connectivity index (χ1) is 6.18. The molecule has 5 atom stereocenters. The van der Waals surface area contributed by atoms with E-state index in [-0.39, 0.29) is 6.04 Å². The monoisotopic (exact) mass is 185 g/mol. The van der Waals surface area contributed by atoms with E-state index < -0.39 is 6.17 Å². The summed E-state index contributed by atoms with van der Waals surface area (Å²) in [5.41, 5.74) is 0. The van der Waals surface area contributed by atoms with Crippen molar-refractivity contribution < 1.29 is 4.39 Å². The van der Waals surface area contributed by atoms with Gasteiger partial charge in [-0.25, -0.2) is 4.39 Å². The van der Waals surface area contributed by atoms with Crippen LogP contribution in [0.3, 0.4) is 0 Å². The van der Waals surface area contributed by atoms with E-state index in [4.69, 9.17) is 0 Å². The Balaban J connectivity index is 1.78. The first-order valence-corrected chi connectivity index (χ1v) is 5.58. The second kappa shape index (κ2) is 3.56. The molecule has 3 unspecified atom stereocenters. The quantitative estimate of drug-likeness (QED) is 0.697. The van der Waals surface area contributed by atoms with Gasteiger partial charge in [0.05, 0.1) is 0 Å². The first-order valence-electron chi connectivity index (χ1n) is 5.58. The number of hydrogen-bond donors (Lipinski definition) is 1. The van der Waals surface area contributed by atoms with Crippen molar-refractivity contribution in [1.29, 1.82) is 0 Å². The van der Waals surface area contributed by atoms with Gasteiger partial charge in [0.1, 0.15) is 6.17 Å². The van der Waals surface area contributed by atoms with Crippen LogP contribution in [0.25, 0.3) is 0 Å². The standard InChI is InChI=1S/C11H20FN/c1-7-6-11(8(7)2)13-10-5-3-4-9(10)12/h7-11,13H,3-6H2,1-2H3/t7?,8?,9-,10+,11?/m0/s1. The molecule has 2 rings (SSSR count). The molecule has 1 nitrogen and oxygen atoms in total. The minimum atomic E-state index is -0.580. The highest BCUT2D eigenvalue weighted by Gasteiger charge is 2.38. The van der Waals surface area contributed by atoms with Crippen LogP contribution in [0.15, 0.2) is 0 Å². The summed E-state index contributed by atoms with van der Waals surface area (Å²) in [6.45, 7) is 4.55. The summed E-state index contributed by atoms with van der Waals surface area (Å²) in [4.78, 5) is 0. The van der Waals surface area contributed by atoms with Crippen LogP contribution in [0.4, 0.5) is 4.39 Å². The van der Waals surface area contributed by atoms with Crippen molar-refractivity contribution in [2.75, 3.05) is 0 Å². The second-order valence-corrected chi connectivity index (χ2v) is 4.90. The van der Waals surface area contributed by atoms with Gasteiger partial charge in [-0.3, -0.25) is 0 Å². The number of hydrogen-bond acceptors (Lipinski definition) is 1. The van der Waals surface area contributed by atoms with Crippen LogP contribution in [0.1, 0.15) is 39.5 Å². The Bertz CT molecular complexity index is 183. The summed E-state index contributed by atoms with van der Waals surface area (Å²) in [5.74, 6) is 1.57. The molecule has 0 aliphatic heterocycles. The zero-order valence-electron chi connectivity index (χ0n) is 8.59. The largest absolute Gasteiger partial charge is 0.308 e. The molecule has 0 spiro atoms. The number of halogens is 1. The highest BCUT2D eigenvalue weighted by molar-refractivity contribution is 4.94. The molecule has 13 heavy (non-hydrogen) atoms. The van der Waals surface area contributed by atoms with Gasteiger partial charge in [-0.2, -0.15) is 0 Å². The molecular weight excluding hydrogens is 165 g/mol. The molecule has 2 heteroatoms. The van der Waals surface area contributed by atoms with E-state index in [9.17, 15) is 4.39 Å². The van der Waals surface area contributed by atoms with Gasteiger partial charge in [0.15, 0.2) is 0 Å². The smallest absolute Gasteiger partial charge is 0.115 e. The Hall–Kier alpha value is -0.110. The average Bonchev–Trinajstić information content (AvgIpc) is 2.51. The van der Waals surface area contributed by atoms with E-state index in [2.05, 4.69) is 19.2 Å². The van der Waals surface area contributed by atoms with Crippen molar-refractivity contribution in [2.45, 2.75) is 57.8 Å². The molecule has 0 aromatic heterocycles. The Kier molecular flexibility index (Phi) is 2.59. The lowest BCUT2D eigenvalue weighted by atomic mass is 9.71. The Morgan fingerprint density at radius 2 is 1.92 bits per heavy atom. The van der Waals surface area contributed by atoms with Crippen molar-refractivity contribution in [3.05, 3.63) is 0 Å². The van der Waals surface area contributed by atoms with Gasteiger partial charge in [0.25, 0.3) is 0 Å². The SMILES string of the molecule is CC1CC(N[C@@H]2CCC[C@@H]2F)C1C. The van der Waals surface area contributed by atoms with Gasteiger partial charge in [-0.15, -0.1) is 0 Å². The summed E-state index contributed by atoms with van der Waals surface area (Å²) < 4.78 is 13.3. The molecule has 1 N–H and O–H groups in total. The van der Waals surface area contributed by atoms with Crippen LogP contribution >= 0.6 is 0 Å². The minimum absolute atomic E-state index is 0.167. The third-order valence-corrected chi connectivity index (χ3v) is 4.02. The van der Waals surface area contributed by atoms with Gasteiger partial charge in [0, 0.05) is 12.1 Å². The van der Waals surface area contributed by atoms with Crippen molar-refractivity contribution in [3.63, 3.8) is 0 Å². The van der Waals surface area contributed by atoms with Gasteiger partial charge in [-0.05, 0) is 37.5 Å². The molecule has 0 radical (unpaired) electrons. The summed E-state index contributed by atoms with van der Waals surface area (Å²) in [7, 11) is 0. The highest BCUT2D eigenvalue weighted by Crippen LogP contribution is 2.35. The fourth-order valence-corrected chi connectivity index (χ4v) is 2.63. The normalized spacial score (nSPS) is 50.5. The maximum atomic E-state index is 13.3. The lowest BCUT2D eigenvalue weighted by Crippen LogP contribution is -2.53. The third kappa shape index (κ3) is 1.74. The van der Waals surface area contributed by atoms with E-state index in [0.717, 1.165) is 31.1 Å². The van der Waals surface area contributed by atoms with E-state index in [1.54, 1.807) is 0 Å². The van der Waals surface area contributed by atoms with Gasteiger partial charge in [-0.1, -0.05) is 13.8 Å². The van der Waals surface area contributed by atoms with Gasteiger partial charge >= 0.3 is 0 Å². The maximum Gasteiger partial charge on any atom is 0.115 e. The summed E-state index contributed by atoms with van der Waals surface area (Å²) >= 11 is 0. The Morgan fingerprint density at radius 3 is 2.38 bits per heavy atom. The molecule has 2 aliphatic rings. The van der Waals surface area contributed by atoms with E-state index in [1.807, 2.05) is 0 Å². The minimum Gasteiger partial charge on any atom is -0.308 e. The molecule has 0 saturated heterocycles. The average molecular weight is 185 g/mol. The lowest BCUT2D eigenvalue weighted by molar-refractivity contribution is 0.112. The van der Waals surface area contributed by atoms with E-state index >= 15 is 0 Å². The van der Waals surface area contributed by atoms with Crippen molar-refractivity contribution in [3.8, 4) is 0 Å². The molecule has 0 aromatic rings. The predicted molar refractivity (Wildman–Crippen MR) is 52.4 cm³/mol. The van der Waals surface area contributed by atoms with Crippen molar-refractivity contribution in [1.82, 2.24) is 5.32 Å². The highest BCUT2D eigenvalue weighted by atomic mass is 19.1. The van der Waals surface area contributed by atoms with Crippen LogP contribution in [0, 0.1) is 11.8 Å². The zero-order chi connectivity index (χ0) is 9.42. The van der Waals surface area contributed by atoms with E-state index in [1.165, 1.54) is 6.42 Å². The summed E-state index contributed by atoms with van der Waals surface area (Å²) in [5, 5.41) is 3.47. The topological polar surface area (TPSA) is 12.0 Å². The lowest BCUT2D eigenvalue weighted by Gasteiger charge is -2.43. The Morgan fingerprint density at radius 1 is 1.15 bits per heavy atom. The molecular formula is C11H20FN. The number of alkyl halides is 1. The fraction of sp³-hybridized carbons (Fsp3) is 1.00. The van der Waals surface area contributed by atoms with Gasteiger partial charge < -0.3 is 5.32 Å². The molecule has 0 aromatic carbocycles. The van der Waals surface area contributed by atoms with Crippen LogP contribution in [-0.4, -0.2) is 18.3 Å². The molecule has 2 saturated carbocycles. The van der Waals surface area contributed by atoms with Crippen molar-refractivity contribution >= 4 is 0 Å².